The third-order valence-electron chi connectivity index (χ3n) is 7.14. The minimum absolute atomic E-state index is 0.182. The number of rotatable bonds is 3. The van der Waals surface area contributed by atoms with E-state index in [9.17, 15) is 9.59 Å². The number of amides is 3. The van der Waals surface area contributed by atoms with Crippen LogP contribution in [0.25, 0.3) is 10.9 Å². The van der Waals surface area contributed by atoms with Gasteiger partial charge in [-0.3, -0.25) is 4.79 Å². The van der Waals surface area contributed by atoms with Gasteiger partial charge in [0.2, 0.25) is 0 Å². The minimum atomic E-state index is -1.19. The van der Waals surface area contributed by atoms with Crippen LogP contribution in [-0.2, 0) is 10.3 Å². The Bertz CT molecular complexity index is 1480. The van der Waals surface area contributed by atoms with Crippen LogP contribution in [0.2, 0.25) is 5.02 Å². The number of carbonyl (C=O) groups excluding carboxylic acids is 2. The second-order valence-corrected chi connectivity index (χ2v) is 9.22. The Morgan fingerprint density at radius 3 is 2.50 bits per heavy atom. The summed E-state index contributed by atoms with van der Waals surface area (Å²) in [6, 6.07) is 22.4. The molecule has 34 heavy (non-hydrogen) atoms. The van der Waals surface area contributed by atoms with E-state index in [0.29, 0.717) is 17.3 Å². The van der Waals surface area contributed by atoms with Crippen molar-refractivity contribution in [3.63, 3.8) is 0 Å². The van der Waals surface area contributed by atoms with E-state index in [4.69, 9.17) is 16.3 Å². The van der Waals surface area contributed by atoms with Gasteiger partial charge in [-0.05, 0) is 36.8 Å². The second kappa shape index (κ2) is 7.37. The number of nitrogens with zero attached hydrogens (tertiary/aromatic N) is 2. The van der Waals surface area contributed by atoms with E-state index in [1.807, 2.05) is 49.4 Å². The van der Waals surface area contributed by atoms with E-state index >= 15 is 0 Å². The third kappa shape index (κ3) is 2.63. The van der Waals surface area contributed by atoms with Gasteiger partial charge in [-0.2, -0.15) is 0 Å². The second-order valence-electron chi connectivity index (χ2n) is 8.81. The van der Waals surface area contributed by atoms with Crippen molar-refractivity contribution < 1.29 is 14.3 Å². The van der Waals surface area contributed by atoms with Gasteiger partial charge >= 0.3 is 6.03 Å². The zero-order valence-corrected chi connectivity index (χ0v) is 19.5. The number of hydrogen-bond donors (Lipinski definition) is 1. The highest BCUT2D eigenvalue weighted by molar-refractivity contribution is 6.36. The van der Waals surface area contributed by atoms with Crippen molar-refractivity contribution >= 4 is 40.1 Å². The first-order valence-electron chi connectivity index (χ1n) is 11.1. The smallest absolute Gasteiger partial charge is 0.332 e. The monoisotopic (exact) mass is 471 g/mol. The van der Waals surface area contributed by atoms with Gasteiger partial charge in [0.05, 0.1) is 23.5 Å². The summed E-state index contributed by atoms with van der Waals surface area (Å²) in [5.74, 6) is 0.239. The van der Waals surface area contributed by atoms with Gasteiger partial charge < -0.3 is 14.6 Å². The number of aromatic nitrogens is 1. The fourth-order valence-corrected chi connectivity index (χ4v) is 5.69. The van der Waals surface area contributed by atoms with E-state index in [2.05, 4.69) is 11.1 Å². The molecule has 4 aromatic rings. The normalized spacial score (nSPS) is 21.7. The first kappa shape index (κ1) is 20.8. The molecule has 0 bridgehead atoms. The number of halogens is 1. The van der Waals surface area contributed by atoms with Crippen LogP contribution in [0.4, 0.5) is 10.5 Å². The summed E-state index contributed by atoms with van der Waals surface area (Å²) < 4.78 is 5.68. The number of urea groups is 1. The lowest BCUT2D eigenvalue weighted by molar-refractivity contribution is -0.125. The lowest BCUT2D eigenvalue weighted by Crippen LogP contribution is -2.50. The molecule has 3 heterocycles. The zero-order valence-electron chi connectivity index (χ0n) is 18.7. The number of aromatic amines is 1. The molecular formula is C27H22ClN3O3. The number of fused-ring (bicyclic) bond motifs is 5. The maximum absolute atomic E-state index is 14.0. The molecule has 0 aliphatic carbocycles. The molecule has 1 fully saturated rings. The predicted octanol–water partition coefficient (Wildman–Crippen LogP) is 5.66. The highest BCUT2D eigenvalue weighted by Gasteiger charge is 2.61. The number of nitrogens with one attached hydrogen (secondary N) is 1. The van der Waals surface area contributed by atoms with Crippen LogP contribution in [0.15, 0.2) is 72.8 Å². The minimum Gasteiger partial charge on any atom is -0.496 e. The molecule has 1 aromatic heterocycles. The first-order valence-corrected chi connectivity index (χ1v) is 11.5. The maximum atomic E-state index is 14.0. The topological polar surface area (TPSA) is 65.6 Å². The summed E-state index contributed by atoms with van der Waals surface area (Å²) in [6.45, 7) is 2.15. The van der Waals surface area contributed by atoms with Crippen molar-refractivity contribution in [2.75, 3.05) is 18.6 Å². The quantitative estimate of drug-likeness (QED) is 0.392. The SMILES string of the molecule is COc1ccccc1[C@@H]1CN2C(=O)N(c3ccccc3Cl)C(=O)[C@]2(C)c2[nH]c3ccccc3c21. The molecule has 3 aromatic carbocycles. The van der Waals surface area contributed by atoms with Crippen molar-refractivity contribution in [3.8, 4) is 5.75 Å². The number of para-hydroxylation sites is 3. The van der Waals surface area contributed by atoms with Crippen LogP contribution in [0.3, 0.4) is 0 Å². The molecule has 2 aliphatic rings. The molecule has 0 saturated carbocycles. The zero-order chi connectivity index (χ0) is 23.6. The van der Waals surface area contributed by atoms with Crippen molar-refractivity contribution in [1.29, 1.82) is 0 Å². The first-order chi connectivity index (χ1) is 16.5. The average Bonchev–Trinajstić information content (AvgIpc) is 3.34. The molecule has 2 atom stereocenters. The van der Waals surface area contributed by atoms with Crippen LogP contribution < -0.4 is 9.64 Å². The molecule has 0 radical (unpaired) electrons. The molecule has 6 rings (SSSR count). The van der Waals surface area contributed by atoms with E-state index in [1.165, 1.54) is 4.90 Å². The van der Waals surface area contributed by atoms with Gasteiger partial charge in [0, 0.05) is 28.9 Å². The maximum Gasteiger partial charge on any atom is 0.332 e. The van der Waals surface area contributed by atoms with Crippen LogP contribution in [-0.4, -0.2) is 35.5 Å². The number of anilines is 1. The van der Waals surface area contributed by atoms with Gasteiger partial charge in [-0.25, -0.2) is 9.69 Å². The lowest BCUT2D eigenvalue weighted by atomic mass is 9.78. The number of carbonyl (C=O) groups is 2. The van der Waals surface area contributed by atoms with Crippen molar-refractivity contribution in [2.24, 2.45) is 0 Å². The number of ether oxygens (including phenoxy) is 1. The van der Waals surface area contributed by atoms with Gasteiger partial charge in [0.1, 0.15) is 5.75 Å². The lowest BCUT2D eigenvalue weighted by Gasteiger charge is -2.40. The molecule has 7 heteroatoms. The van der Waals surface area contributed by atoms with Crippen LogP contribution >= 0.6 is 11.6 Å². The Balaban J connectivity index is 1.62. The van der Waals surface area contributed by atoms with Crippen molar-refractivity contribution in [3.05, 3.63) is 94.6 Å². The highest BCUT2D eigenvalue weighted by Crippen LogP contribution is 2.51. The Kier molecular flexibility index (Phi) is 4.51. The number of benzene rings is 3. The molecule has 2 aliphatic heterocycles. The van der Waals surface area contributed by atoms with Gasteiger partial charge in [-0.15, -0.1) is 0 Å². The van der Waals surface area contributed by atoms with E-state index in [1.54, 1.807) is 36.3 Å². The summed E-state index contributed by atoms with van der Waals surface area (Å²) in [5.41, 5.74) is 2.83. The average molecular weight is 472 g/mol. The number of imide groups is 1. The Hall–Kier alpha value is -3.77. The standard InChI is InChI=1S/C27H22ClN3O3/c1-27-24-23(17-10-3-6-12-20(17)29-24)18(16-9-4-8-14-22(16)34-2)15-30(27)26(33)31(25(27)32)21-13-7-5-11-19(21)28/h3-14,18,29H,15H2,1-2H3/t18-,27-/m0/s1. The third-order valence-corrected chi connectivity index (χ3v) is 7.46. The van der Waals surface area contributed by atoms with E-state index in [0.717, 1.165) is 33.5 Å². The van der Waals surface area contributed by atoms with Gasteiger partial charge in [0.25, 0.3) is 5.91 Å². The summed E-state index contributed by atoms with van der Waals surface area (Å²) in [6.07, 6.45) is 0. The Morgan fingerprint density at radius 1 is 1.00 bits per heavy atom. The van der Waals surface area contributed by atoms with Gasteiger partial charge in [0.15, 0.2) is 5.54 Å². The molecular weight excluding hydrogens is 450 g/mol. The number of hydrogen-bond acceptors (Lipinski definition) is 3. The molecule has 1 saturated heterocycles. The molecule has 1 N–H and O–H groups in total. The summed E-state index contributed by atoms with van der Waals surface area (Å²) in [4.78, 5) is 34.1. The molecule has 0 spiro atoms. The molecule has 6 nitrogen and oxygen atoms in total. The molecule has 170 valence electrons. The van der Waals surface area contributed by atoms with E-state index in [-0.39, 0.29) is 17.9 Å². The largest absolute Gasteiger partial charge is 0.496 e. The van der Waals surface area contributed by atoms with Crippen LogP contribution in [0.1, 0.15) is 29.7 Å². The van der Waals surface area contributed by atoms with Crippen molar-refractivity contribution in [2.45, 2.75) is 18.4 Å². The molecule has 3 amide bonds. The summed E-state index contributed by atoms with van der Waals surface area (Å²) in [5, 5.41) is 1.39. The Morgan fingerprint density at radius 2 is 1.71 bits per heavy atom. The van der Waals surface area contributed by atoms with Crippen LogP contribution in [0, 0.1) is 0 Å². The number of H-pyrrole nitrogens is 1. The summed E-state index contributed by atoms with van der Waals surface area (Å²) >= 11 is 6.42. The highest BCUT2D eigenvalue weighted by atomic mass is 35.5. The fourth-order valence-electron chi connectivity index (χ4n) is 5.47. The summed E-state index contributed by atoms with van der Waals surface area (Å²) in [7, 11) is 1.64. The van der Waals surface area contributed by atoms with Crippen molar-refractivity contribution in [1.82, 2.24) is 9.88 Å². The van der Waals surface area contributed by atoms with Crippen LogP contribution in [0.5, 0.6) is 5.75 Å². The van der Waals surface area contributed by atoms with E-state index < -0.39 is 5.54 Å². The number of methoxy groups -OCH3 is 1. The fraction of sp³-hybridized carbons (Fsp3) is 0.185. The predicted molar refractivity (Wildman–Crippen MR) is 132 cm³/mol. The molecule has 0 unspecified atom stereocenters. The van der Waals surface area contributed by atoms with Gasteiger partial charge in [-0.1, -0.05) is 60.1 Å². The Labute approximate surface area is 201 Å².